The fraction of sp³-hybridized carbons (Fsp3) is 0.0200. The summed E-state index contributed by atoms with van der Waals surface area (Å²) in [4.78, 5) is 26.2. The topological polar surface area (TPSA) is 47.0 Å². The van der Waals surface area contributed by atoms with Crippen molar-refractivity contribution in [2.24, 2.45) is 0 Å². The van der Waals surface area contributed by atoms with E-state index < -0.39 is 0 Å². The molecule has 0 amide bonds. The van der Waals surface area contributed by atoms with Crippen LogP contribution in [0.5, 0.6) is 0 Å². The minimum absolute atomic E-state index is 0.104. The molecule has 0 fully saturated rings. The first-order chi connectivity index (χ1) is 27.2. The van der Waals surface area contributed by atoms with E-state index in [1.54, 1.807) is 19.1 Å². The number of hydrogen-bond donors (Lipinski definition) is 0. The summed E-state index contributed by atoms with van der Waals surface area (Å²) in [6, 6.07) is 65.1. The summed E-state index contributed by atoms with van der Waals surface area (Å²) in [5.41, 5.74) is 12.6. The molecule has 7 aromatic carbocycles. The Balaban J connectivity index is 0.000000181. The smallest absolute Gasteiger partial charge is 0.159 e. The molecule has 0 spiro atoms. The number of carbonyl (C=O) groups excluding carboxylic acids is 2. The molecular weight excluding hydrogens is 886 g/mol. The van der Waals surface area contributed by atoms with Crippen LogP contribution in [0.25, 0.3) is 55.9 Å². The zero-order valence-corrected chi connectivity index (χ0v) is 35.2. The molecule has 8 rings (SSSR count). The molecule has 6 heteroatoms. The van der Waals surface area contributed by atoms with Crippen molar-refractivity contribution in [3.8, 4) is 55.9 Å². The molecule has 0 radical (unpaired) electrons. The molecule has 0 saturated heterocycles. The van der Waals surface area contributed by atoms with E-state index in [1.807, 2.05) is 60.7 Å². The summed E-state index contributed by atoms with van der Waals surface area (Å²) in [5.74, 6) is 0.104. The van der Waals surface area contributed by atoms with Crippen LogP contribution in [0.3, 0.4) is 0 Å². The number of Topliss-reactive ketones (excluding diaryl/α,β-unsaturated/α-hetero) is 1. The third-order valence-corrected chi connectivity index (χ3v) is 10.4. The van der Waals surface area contributed by atoms with Gasteiger partial charge in [0.05, 0.1) is 11.4 Å². The van der Waals surface area contributed by atoms with Crippen molar-refractivity contribution < 1.29 is 9.59 Å². The van der Waals surface area contributed by atoms with E-state index >= 15 is 0 Å². The number of nitrogens with zero attached hydrogens (tertiary/aromatic N) is 1. The van der Waals surface area contributed by atoms with Gasteiger partial charge >= 0.3 is 0 Å². The predicted octanol–water partition coefficient (Wildman–Crippen LogP) is 15.1. The number of hydrogen-bond acceptors (Lipinski definition) is 3. The molecule has 1 aromatic heterocycles. The van der Waals surface area contributed by atoms with Crippen molar-refractivity contribution >= 4 is 59.9 Å². The predicted molar refractivity (Wildman–Crippen MR) is 243 cm³/mol. The molecule has 1 heterocycles. The van der Waals surface area contributed by atoms with Gasteiger partial charge in [0.1, 0.15) is 6.29 Å². The number of ketones is 1. The Kier molecular flexibility index (Phi) is 14.2. The van der Waals surface area contributed by atoms with Gasteiger partial charge in [0.15, 0.2) is 5.78 Å². The molecule has 0 unspecified atom stereocenters. The molecule has 274 valence electrons. The van der Waals surface area contributed by atoms with Gasteiger partial charge in [-0.2, -0.15) is 0 Å². The van der Waals surface area contributed by atoms with Gasteiger partial charge in [-0.05, 0) is 88.8 Å². The van der Waals surface area contributed by atoms with E-state index in [-0.39, 0.29) is 5.78 Å². The molecule has 0 atom stereocenters. The second-order valence-corrected chi connectivity index (χ2v) is 15.5. The monoisotopic (exact) mass is 919 g/mol. The lowest BCUT2D eigenvalue weighted by atomic mass is 9.97. The van der Waals surface area contributed by atoms with Crippen molar-refractivity contribution in [2.75, 3.05) is 0 Å². The highest BCUT2D eigenvalue weighted by molar-refractivity contribution is 9.11. The van der Waals surface area contributed by atoms with E-state index in [9.17, 15) is 9.59 Å². The molecule has 0 bridgehead atoms. The summed E-state index contributed by atoms with van der Waals surface area (Å²) in [7, 11) is 0. The maximum atomic E-state index is 10.7. The number of pyridine rings is 1. The number of halogens is 3. The van der Waals surface area contributed by atoms with E-state index in [0.717, 1.165) is 58.9 Å². The SMILES string of the molecule is Brc1ccc(-c2cc(-c3ccc(-c4ccccc4)cc3)cc(-c3ccc(Br)cc3)n2)cc1.CC(=O)c1ccc(Br)cc1.O=Cc1ccc(-c2ccccc2)cc1. The first-order valence-electron chi connectivity index (χ1n) is 17.8. The Morgan fingerprint density at radius 3 is 1.11 bits per heavy atom. The third kappa shape index (κ3) is 11.3. The molecule has 3 nitrogen and oxygen atoms in total. The average Bonchev–Trinajstić information content (AvgIpc) is 3.25. The maximum Gasteiger partial charge on any atom is 0.159 e. The van der Waals surface area contributed by atoms with E-state index in [1.165, 1.54) is 22.3 Å². The molecule has 0 aliphatic rings. The first kappa shape index (κ1) is 40.1. The van der Waals surface area contributed by atoms with Gasteiger partial charge in [-0.25, -0.2) is 4.98 Å². The first-order valence-corrected chi connectivity index (χ1v) is 20.2. The van der Waals surface area contributed by atoms with Crippen LogP contribution >= 0.6 is 47.8 Å². The van der Waals surface area contributed by atoms with Gasteiger partial charge < -0.3 is 0 Å². The molecule has 0 aliphatic carbocycles. The van der Waals surface area contributed by atoms with Crippen LogP contribution in [0, 0.1) is 0 Å². The molecule has 0 saturated carbocycles. The van der Waals surface area contributed by atoms with E-state index in [2.05, 4.69) is 169 Å². The maximum absolute atomic E-state index is 10.7. The van der Waals surface area contributed by atoms with Crippen molar-refractivity contribution in [2.45, 2.75) is 6.92 Å². The quantitative estimate of drug-likeness (QED) is 0.118. The van der Waals surface area contributed by atoms with Gasteiger partial charge in [0, 0.05) is 35.7 Å². The number of aromatic nitrogens is 1. The van der Waals surface area contributed by atoms with Gasteiger partial charge in [-0.1, -0.05) is 193 Å². The normalized spacial score (nSPS) is 10.3. The van der Waals surface area contributed by atoms with Crippen molar-refractivity contribution in [1.82, 2.24) is 4.98 Å². The Labute approximate surface area is 353 Å². The molecule has 56 heavy (non-hydrogen) atoms. The lowest BCUT2D eigenvalue weighted by molar-refractivity contribution is 0.101. The molecule has 0 aliphatic heterocycles. The van der Waals surface area contributed by atoms with Crippen LogP contribution in [0.2, 0.25) is 0 Å². The lowest BCUT2D eigenvalue weighted by Gasteiger charge is -2.11. The average molecular weight is 923 g/mol. The fourth-order valence-corrected chi connectivity index (χ4v) is 6.58. The van der Waals surface area contributed by atoms with E-state index in [0.29, 0.717) is 5.56 Å². The number of carbonyl (C=O) groups is 2. The highest BCUT2D eigenvalue weighted by atomic mass is 79.9. The summed E-state index contributed by atoms with van der Waals surface area (Å²) < 4.78 is 3.11. The number of rotatable bonds is 7. The van der Waals surface area contributed by atoms with Crippen LogP contribution in [0.15, 0.2) is 208 Å². The van der Waals surface area contributed by atoms with Crippen LogP contribution in [0.1, 0.15) is 27.6 Å². The Hall–Kier alpha value is -5.53. The highest BCUT2D eigenvalue weighted by Gasteiger charge is 2.10. The van der Waals surface area contributed by atoms with Crippen LogP contribution in [-0.2, 0) is 0 Å². The Bertz CT molecular complexity index is 2420. The summed E-state index contributed by atoms with van der Waals surface area (Å²) in [6.07, 6.45) is 0.856. The molecular formula is C50H36Br3NO2. The van der Waals surface area contributed by atoms with Crippen molar-refractivity contribution in [3.63, 3.8) is 0 Å². The zero-order chi connectivity index (χ0) is 39.3. The Morgan fingerprint density at radius 2 is 0.732 bits per heavy atom. The summed E-state index contributed by atoms with van der Waals surface area (Å²) in [6.45, 7) is 1.56. The fourth-order valence-electron chi connectivity index (χ4n) is 5.79. The largest absolute Gasteiger partial charge is 0.298 e. The zero-order valence-electron chi connectivity index (χ0n) is 30.5. The van der Waals surface area contributed by atoms with Crippen LogP contribution < -0.4 is 0 Å². The Morgan fingerprint density at radius 1 is 0.411 bits per heavy atom. The minimum Gasteiger partial charge on any atom is -0.298 e. The lowest BCUT2D eigenvalue weighted by Crippen LogP contribution is -1.91. The number of aldehydes is 1. The minimum atomic E-state index is 0.104. The van der Waals surface area contributed by atoms with E-state index in [4.69, 9.17) is 4.98 Å². The second kappa shape index (κ2) is 19.9. The molecule has 0 N–H and O–H groups in total. The van der Waals surface area contributed by atoms with Crippen molar-refractivity contribution in [3.05, 3.63) is 219 Å². The van der Waals surface area contributed by atoms with Crippen molar-refractivity contribution in [1.29, 1.82) is 0 Å². The van der Waals surface area contributed by atoms with Crippen LogP contribution in [0.4, 0.5) is 0 Å². The van der Waals surface area contributed by atoms with Crippen LogP contribution in [-0.4, -0.2) is 17.1 Å². The second-order valence-electron chi connectivity index (χ2n) is 12.8. The van der Waals surface area contributed by atoms with Gasteiger partial charge in [0.2, 0.25) is 0 Å². The van der Waals surface area contributed by atoms with Gasteiger partial charge in [0.25, 0.3) is 0 Å². The summed E-state index contributed by atoms with van der Waals surface area (Å²) in [5, 5.41) is 0. The summed E-state index contributed by atoms with van der Waals surface area (Å²) >= 11 is 10.3. The van der Waals surface area contributed by atoms with Gasteiger partial charge in [-0.3, -0.25) is 9.59 Å². The number of benzene rings is 7. The standard InChI is InChI=1S/C29H19Br2N.C13H10O.C8H7BrO/c30-26-14-10-23(11-15-26)28-18-25(19-29(32-28)24-12-16-27(31)17-13-24)22-8-6-21(7-9-22)20-4-2-1-3-5-20;14-10-11-6-8-13(9-7-11)12-4-2-1-3-5-12;1-6(10)7-2-4-8(9)5-3-7/h1-19H;1-10H;2-5H,1H3. The molecule has 8 aromatic rings. The highest BCUT2D eigenvalue weighted by Crippen LogP contribution is 2.32. The third-order valence-electron chi connectivity index (χ3n) is 8.84. The van der Waals surface area contributed by atoms with Gasteiger partial charge in [-0.15, -0.1) is 0 Å².